The Labute approximate surface area is 163 Å². The minimum absolute atomic E-state index is 0.00575. The zero-order valence-electron chi connectivity index (χ0n) is 15.1. The number of aromatic nitrogens is 2. The highest BCUT2D eigenvalue weighted by Crippen LogP contribution is 2.16. The first kappa shape index (κ1) is 18.0. The molecule has 27 heavy (non-hydrogen) atoms. The number of nitrogens with zero attached hydrogens (tertiary/aromatic N) is 2. The summed E-state index contributed by atoms with van der Waals surface area (Å²) in [5.41, 5.74) is 6.04. The molecule has 1 aliphatic heterocycles. The molecule has 1 aliphatic carbocycles. The molecule has 2 aromatic rings. The Morgan fingerprint density at radius 3 is 2.81 bits per heavy atom. The quantitative estimate of drug-likeness (QED) is 0.829. The number of nitrogens with one attached hydrogen (secondary N) is 1. The molecular weight excluding hydrogens is 358 g/mol. The summed E-state index contributed by atoms with van der Waals surface area (Å²) in [5.74, 6) is 1.11. The number of hydrogen-bond acceptors (Lipinski definition) is 3. The van der Waals surface area contributed by atoms with Crippen LogP contribution in [0.2, 0.25) is 5.02 Å². The van der Waals surface area contributed by atoms with Gasteiger partial charge in [-0.2, -0.15) is 0 Å². The lowest BCUT2D eigenvalue weighted by Gasteiger charge is -2.22. The lowest BCUT2D eigenvalue weighted by molar-refractivity contribution is 0.273. The van der Waals surface area contributed by atoms with Crippen molar-refractivity contribution in [2.45, 2.75) is 19.3 Å². The molecule has 1 aromatic heterocycles. The molecule has 0 saturated heterocycles. The van der Waals surface area contributed by atoms with Crippen LogP contribution in [0.25, 0.3) is 0 Å². The molecule has 2 aliphatic rings. The molecule has 0 amide bonds. The van der Waals surface area contributed by atoms with E-state index in [4.69, 9.17) is 16.6 Å². The predicted molar refractivity (Wildman–Crippen MR) is 108 cm³/mol. The van der Waals surface area contributed by atoms with Gasteiger partial charge in [-0.1, -0.05) is 35.9 Å². The van der Waals surface area contributed by atoms with Crippen molar-refractivity contribution in [2.24, 2.45) is 5.92 Å². The third-order valence-electron chi connectivity index (χ3n) is 5.11. The second-order valence-corrected chi connectivity index (χ2v) is 7.53. The zero-order valence-corrected chi connectivity index (χ0v) is 15.9. The van der Waals surface area contributed by atoms with Gasteiger partial charge in [0.25, 0.3) is 5.56 Å². The molecule has 1 atom stereocenters. The van der Waals surface area contributed by atoms with Crippen molar-refractivity contribution >= 4 is 11.6 Å². The van der Waals surface area contributed by atoms with Crippen LogP contribution in [0.3, 0.4) is 0 Å². The normalized spacial score (nSPS) is 19.1. The molecule has 138 valence electrons. The van der Waals surface area contributed by atoms with E-state index in [2.05, 4.69) is 27.8 Å². The average Bonchev–Trinajstić information content (AvgIpc) is 2.87. The summed E-state index contributed by atoms with van der Waals surface area (Å²) in [6.45, 7) is 2.77. The lowest BCUT2D eigenvalue weighted by atomic mass is 10.1. The van der Waals surface area contributed by atoms with E-state index in [1.807, 2.05) is 36.4 Å². The minimum atomic E-state index is 0.00575. The van der Waals surface area contributed by atoms with Crippen molar-refractivity contribution in [3.63, 3.8) is 0 Å². The van der Waals surface area contributed by atoms with Gasteiger partial charge in [0.05, 0.1) is 5.69 Å². The number of hydrogen-bond donors (Lipinski definition) is 1. The Balaban J connectivity index is 1.48. The Kier molecular flexibility index (Phi) is 5.40. The fourth-order valence-electron chi connectivity index (χ4n) is 3.67. The fourth-order valence-corrected chi connectivity index (χ4v) is 3.79. The molecule has 0 saturated carbocycles. The van der Waals surface area contributed by atoms with E-state index in [0.717, 1.165) is 55.1 Å². The average molecular weight is 380 g/mol. The predicted octanol–water partition coefficient (Wildman–Crippen LogP) is 3.31. The maximum atomic E-state index is 12.6. The van der Waals surface area contributed by atoms with E-state index in [1.165, 1.54) is 0 Å². The number of H-pyrrole nitrogens is 1. The Bertz CT molecular complexity index is 968. The molecule has 0 fully saturated rings. The lowest BCUT2D eigenvalue weighted by Crippen LogP contribution is -2.31. The fraction of sp³-hybridized carbons (Fsp3) is 0.318. The molecule has 1 unspecified atom stereocenters. The molecule has 2 heterocycles. The van der Waals surface area contributed by atoms with Crippen LogP contribution in [0.15, 0.2) is 59.1 Å². The molecule has 0 bridgehead atoms. The largest absolute Gasteiger partial charge is 0.310 e. The van der Waals surface area contributed by atoms with Crippen molar-refractivity contribution in [2.75, 3.05) is 19.6 Å². The van der Waals surface area contributed by atoms with E-state index >= 15 is 0 Å². The summed E-state index contributed by atoms with van der Waals surface area (Å²) in [5, 5.41) is 0.709. The molecule has 1 N–H and O–H groups in total. The highest BCUT2D eigenvalue weighted by molar-refractivity contribution is 6.30. The van der Waals surface area contributed by atoms with Crippen molar-refractivity contribution in [3.05, 3.63) is 92.3 Å². The monoisotopic (exact) mass is 379 g/mol. The third-order valence-corrected chi connectivity index (χ3v) is 5.36. The highest BCUT2D eigenvalue weighted by Gasteiger charge is 2.20. The van der Waals surface area contributed by atoms with Crippen molar-refractivity contribution in [3.8, 4) is 0 Å². The summed E-state index contributed by atoms with van der Waals surface area (Å²) in [7, 11) is 0. The van der Waals surface area contributed by atoms with Crippen molar-refractivity contribution in [1.82, 2.24) is 14.9 Å². The van der Waals surface area contributed by atoms with Gasteiger partial charge in [-0.3, -0.25) is 4.79 Å². The summed E-state index contributed by atoms with van der Waals surface area (Å²) >= 11 is 5.95. The number of aromatic amines is 1. The van der Waals surface area contributed by atoms with Gasteiger partial charge in [0.15, 0.2) is 0 Å². The van der Waals surface area contributed by atoms with Crippen LogP contribution in [-0.2, 0) is 19.3 Å². The minimum Gasteiger partial charge on any atom is -0.310 e. The SMILES string of the molecule is O=c1[nH]c(Cc2ccc(Cl)cc2)nc2c1CCN(CC1C=C=CC=C1)CC2. The first-order valence-electron chi connectivity index (χ1n) is 9.34. The third kappa shape index (κ3) is 4.48. The Morgan fingerprint density at radius 2 is 2.04 bits per heavy atom. The molecule has 4 nitrogen and oxygen atoms in total. The van der Waals surface area contributed by atoms with Gasteiger partial charge in [0, 0.05) is 49.0 Å². The highest BCUT2D eigenvalue weighted by atomic mass is 35.5. The smallest absolute Gasteiger partial charge is 0.254 e. The molecule has 0 spiro atoms. The summed E-state index contributed by atoms with van der Waals surface area (Å²) < 4.78 is 0. The second-order valence-electron chi connectivity index (χ2n) is 7.09. The maximum Gasteiger partial charge on any atom is 0.254 e. The van der Waals surface area contributed by atoms with E-state index < -0.39 is 0 Å². The van der Waals surface area contributed by atoms with Gasteiger partial charge in [-0.05, 0) is 36.3 Å². The molecule has 0 radical (unpaired) electrons. The van der Waals surface area contributed by atoms with Crippen LogP contribution >= 0.6 is 11.6 Å². The second kappa shape index (κ2) is 8.10. The first-order chi connectivity index (χ1) is 13.2. The summed E-state index contributed by atoms with van der Waals surface area (Å²) in [6.07, 6.45) is 10.4. The van der Waals surface area contributed by atoms with Gasteiger partial charge in [0.1, 0.15) is 5.82 Å². The van der Waals surface area contributed by atoms with E-state index in [-0.39, 0.29) is 5.56 Å². The van der Waals surface area contributed by atoms with Gasteiger partial charge in [-0.15, -0.1) is 5.73 Å². The maximum absolute atomic E-state index is 12.6. The zero-order chi connectivity index (χ0) is 18.6. The van der Waals surface area contributed by atoms with Crippen LogP contribution in [0, 0.1) is 5.92 Å². The van der Waals surface area contributed by atoms with Crippen LogP contribution in [-0.4, -0.2) is 34.5 Å². The summed E-state index contributed by atoms with van der Waals surface area (Å²) in [6, 6.07) is 7.66. The van der Waals surface area contributed by atoms with Gasteiger partial charge < -0.3 is 9.88 Å². The molecule has 5 heteroatoms. The number of fused-ring (bicyclic) bond motifs is 1. The van der Waals surface area contributed by atoms with Crippen molar-refractivity contribution < 1.29 is 0 Å². The number of halogens is 1. The molecule has 4 rings (SSSR count). The number of rotatable bonds is 4. The van der Waals surface area contributed by atoms with Crippen LogP contribution in [0.4, 0.5) is 0 Å². The number of allylic oxidation sites excluding steroid dienone is 1. The topological polar surface area (TPSA) is 49.0 Å². The first-order valence-corrected chi connectivity index (χ1v) is 9.72. The standard InChI is InChI=1S/C22H22ClN3O/c23-18-8-6-16(7-9-18)14-21-24-20-11-13-26(12-10-19(20)22(27)25-21)15-17-4-2-1-3-5-17/h1-2,4-9,17H,10-15H2,(H,24,25,27). The van der Waals surface area contributed by atoms with Crippen LogP contribution in [0.5, 0.6) is 0 Å². The van der Waals surface area contributed by atoms with E-state index in [9.17, 15) is 4.79 Å². The number of benzene rings is 1. The summed E-state index contributed by atoms with van der Waals surface area (Å²) in [4.78, 5) is 22.8. The molecular formula is C22H22ClN3O. The van der Waals surface area contributed by atoms with Gasteiger partial charge >= 0.3 is 0 Å². The van der Waals surface area contributed by atoms with Crippen LogP contribution in [0.1, 0.15) is 22.6 Å². The van der Waals surface area contributed by atoms with E-state index in [1.54, 1.807) is 0 Å². The Morgan fingerprint density at radius 1 is 1.22 bits per heavy atom. The van der Waals surface area contributed by atoms with Gasteiger partial charge in [-0.25, -0.2) is 4.98 Å². The molecule has 1 aromatic carbocycles. The van der Waals surface area contributed by atoms with Gasteiger partial charge in [0.2, 0.25) is 0 Å². The Hall–Kier alpha value is -2.39. The van der Waals surface area contributed by atoms with Crippen molar-refractivity contribution in [1.29, 1.82) is 0 Å². The van der Waals surface area contributed by atoms with Crippen LogP contribution < -0.4 is 5.56 Å². The van der Waals surface area contributed by atoms with E-state index in [0.29, 0.717) is 17.4 Å².